The van der Waals surface area contributed by atoms with Crippen molar-refractivity contribution in [3.05, 3.63) is 53.6 Å². The van der Waals surface area contributed by atoms with E-state index < -0.39 is 0 Å². The highest BCUT2D eigenvalue weighted by Crippen LogP contribution is 2.29. The van der Waals surface area contributed by atoms with Crippen LogP contribution in [0.3, 0.4) is 0 Å². The van der Waals surface area contributed by atoms with Crippen molar-refractivity contribution < 1.29 is 9.53 Å². The van der Waals surface area contributed by atoms with Crippen LogP contribution >= 0.6 is 11.8 Å². The molecule has 4 heterocycles. The number of hydrogen-bond donors (Lipinski definition) is 0. The number of carbonyl (C=O) groups is 1. The van der Waals surface area contributed by atoms with Crippen molar-refractivity contribution in [3.8, 4) is 0 Å². The lowest BCUT2D eigenvalue weighted by atomic mass is 9.92. The Morgan fingerprint density at radius 3 is 2.94 bits per heavy atom. The molecule has 2 aromatic rings. The molecule has 8 heteroatoms. The van der Waals surface area contributed by atoms with E-state index >= 15 is 0 Å². The van der Waals surface area contributed by atoms with Gasteiger partial charge in [0.15, 0.2) is 5.16 Å². The van der Waals surface area contributed by atoms with Crippen LogP contribution in [-0.2, 0) is 9.53 Å². The molecule has 2 saturated heterocycles. The lowest BCUT2D eigenvalue weighted by Gasteiger charge is -2.32. The molecule has 0 aromatic carbocycles. The van der Waals surface area contributed by atoms with Gasteiger partial charge in [-0.05, 0) is 43.5 Å². The maximum Gasteiger partial charge on any atom is 0.246 e. The molecule has 0 radical (unpaired) electrons. The summed E-state index contributed by atoms with van der Waals surface area (Å²) in [5, 5.41) is 0.831. The van der Waals surface area contributed by atoms with Gasteiger partial charge in [-0.2, -0.15) is 0 Å². The molecule has 1 amide bonds. The second-order valence-electron chi connectivity index (χ2n) is 8.23. The summed E-state index contributed by atoms with van der Waals surface area (Å²) >= 11 is 1.71. The van der Waals surface area contributed by atoms with E-state index in [4.69, 9.17) is 9.72 Å². The van der Waals surface area contributed by atoms with Crippen molar-refractivity contribution in [2.75, 3.05) is 51.7 Å². The molecule has 1 atom stereocenters. The maximum absolute atomic E-state index is 12.8. The molecular formula is C24H31N5O2S. The Kier molecular flexibility index (Phi) is 8.25. The Morgan fingerprint density at radius 1 is 1.25 bits per heavy atom. The highest BCUT2D eigenvalue weighted by molar-refractivity contribution is 7.99. The number of morpholine rings is 1. The second-order valence-corrected chi connectivity index (χ2v) is 9.30. The molecule has 170 valence electrons. The quantitative estimate of drug-likeness (QED) is 0.362. The zero-order valence-electron chi connectivity index (χ0n) is 18.7. The van der Waals surface area contributed by atoms with Gasteiger partial charge in [-0.1, -0.05) is 17.8 Å². The molecule has 2 aromatic heterocycles. The van der Waals surface area contributed by atoms with E-state index in [1.165, 1.54) is 0 Å². The zero-order valence-corrected chi connectivity index (χ0v) is 19.5. The minimum Gasteiger partial charge on any atom is -0.379 e. The van der Waals surface area contributed by atoms with Crippen LogP contribution in [0.2, 0.25) is 0 Å². The van der Waals surface area contributed by atoms with E-state index in [2.05, 4.69) is 21.8 Å². The third-order valence-electron chi connectivity index (χ3n) is 5.94. The van der Waals surface area contributed by atoms with E-state index in [-0.39, 0.29) is 11.8 Å². The zero-order chi connectivity index (χ0) is 22.2. The Morgan fingerprint density at radius 2 is 2.12 bits per heavy atom. The van der Waals surface area contributed by atoms with Gasteiger partial charge >= 0.3 is 0 Å². The highest BCUT2D eigenvalue weighted by atomic mass is 32.2. The van der Waals surface area contributed by atoms with Gasteiger partial charge < -0.3 is 9.64 Å². The molecule has 2 fully saturated rings. The number of carbonyl (C=O) groups excluding carboxylic acids is 1. The van der Waals surface area contributed by atoms with Crippen LogP contribution in [-0.4, -0.2) is 82.3 Å². The second kappa shape index (κ2) is 11.5. The van der Waals surface area contributed by atoms with Gasteiger partial charge in [-0.25, -0.2) is 9.97 Å². The number of pyridine rings is 1. The monoisotopic (exact) mass is 453 g/mol. The summed E-state index contributed by atoms with van der Waals surface area (Å²) in [6.07, 6.45) is 9.10. The molecule has 2 aliphatic heterocycles. The molecule has 0 N–H and O–H groups in total. The van der Waals surface area contributed by atoms with Crippen LogP contribution in [0.5, 0.6) is 0 Å². The van der Waals surface area contributed by atoms with E-state index in [0.717, 1.165) is 80.1 Å². The van der Waals surface area contributed by atoms with E-state index in [1.807, 2.05) is 29.3 Å². The number of amides is 1. The van der Waals surface area contributed by atoms with Gasteiger partial charge in [0.25, 0.3) is 0 Å². The Balaban J connectivity index is 1.35. The summed E-state index contributed by atoms with van der Waals surface area (Å²) in [5.74, 6) is 1.25. The summed E-state index contributed by atoms with van der Waals surface area (Å²) in [7, 11) is 0. The average molecular weight is 454 g/mol. The lowest BCUT2D eigenvalue weighted by molar-refractivity contribution is -0.127. The predicted octanol–water partition coefficient (Wildman–Crippen LogP) is 3.02. The van der Waals surface area contributed by atoms with Gasteiger partial charge in [0.05, 0.1) is 24.6 Å². The van der Waals surface area contributed by atoms with Crippen LogP contribution in [0.15, 0.2) is 41.8 Å². The first-order valence-corrected chi connectivity index (χ1v) is 12.3. The van der Waals surface area contributed by atoms with Crippen LogP contribution in [0.25, 0.3) is 6.08 Å². The Labute approximate surface area is 194 Å². The standard InChI is InChI=1S/C24H31N5O2S/c1-19-17-26-24(32-16-13-28-11-14-31-15-12-28)27-23(19)20-5-4-10-29(18-20)22(30)8-7-21-6-2-3-9-25-21/h2-3,6-9,17,20H,4-5,10-16,18H2,1H3. The molecule has 2 aliphatic rings. The van der Waals surface area contributed by atoms with Gasteiger partial charge in [0.2, 0.25) is 5.91 Å². The predicted molar refractivity (Wildman–Crippen MR) is 127 cm³/mol. The van der Waals surface area contributed by atoms with Crippen LogP contribution in [0.4, 0.5) is 0 Å². The number of aromatic nitrogens is 3. The first-order chi connectivity index (χ1) is 15.7. The minimum atomic E-state index is 0.0344. The van der Waals surface area contributed by atoms with Crippen molar-refractivity contribution in [3.63, 3.8) is 0 Å². The first kappa shape index (κ1) is 22.9. The fraction of sp³-hybridized carbons (Fsp3) is 0.500. The summed E-state index contributed by atoms with van der Waals surface area (Å²) in [5.41, 5.74) is 2.98. The summed E-state index contributed by atoms with van der Waals surface area (Å²) < 4.78 is 5.42. The molecule has 0 aliphatic carbocycles. The average Bonchev–Trinajstić information content (AvgIpc) is 2.85. The number of likely N-dealkylation sites (tertiary alicyclic amines) is 1. The van der Waals surface area contributed by atoms with Crippen molar-refractivity contribution in [2.45, 2.75) is 30.8 Å². The number of ether oxygens (including phenoxy) is 1. The summed E-state index contributed by atoms with van der Waals surface area (Å²) in [6, 6.07) is 5.68. The fourth-order valence-electron chi connectivity index (χ4n) is 4.15. The third-order valence-corrected chi connectivity index (χ3v) is 6.78. The largest absolute Gasteiger partial charge is 0.379 e. The number of piperidine rings is 1. The normalized spacial score (nSPS) is 20.0. The smallest absolute Gasteiger partial charge is 0.246 e. The lowest BCUT2D eigenvalue weighted by Crippen LogP contribution is -2.38. The highest BCUT2D eigenvalue weighted by Gasteiger charge is 2.26. The number of thioether (sulfide) groups is 1. The molecule has 1 unspecified atom stereocenters. The van der Waals surface area contributed by atoms with Crippen molar-refractivity contribution >= 4 is 23.7 Å². The van der Waals surface area contributed by atoms with Crippen molar-refractivity contribution in [1.82, 2.24) is 24.8 Å². The Bertz CT molecular complexity index is 918. The van der Waals surface area contributed by atoms with Crippen molar-refractivity contribution in [2.24, 2.45) is 0 Å². The maximum atomic E-state index is 12.8. The molecule has 32 heavy (non-hydrogen) atoms. The Hall–Kier alpha value is -2.29. The van der Waals surface area contributed by atoms with Crippen LogP contribution in [0.1, 0.15) is 35.7 Å². The topological polar surface area (TPSA) is 71.5 Å². The summed E-state index contributed by atoms with van der Waals surface area (Å²) in [4.78, 5) is 30.8. The number of nitrogens with zero attached hydrogens (tertiary/aromatic N) is 5. The first-order valence-electron chi connectivity index (χ1n) is 11.3. The molecule has 0 spiro atoms. The van der Waals surface area contributed by atoms with Gasteiger partial charge in [-0.15, -0.1) is 0 Å². The SMILES string of the molecule is Cc1cnc(SCCN2CCOCC2)nc1C1CCCN(C(=O)C=Cc2ccccn2)C1. The van der Waals surface area contributed by atoms with E-state index in [1.54, 1.807) is 30.1 Å². The minimum absolute atomic E-state index is 0.0344. The number of hydrogen-bond acceptors (Lipinski definition) is 7. The third kappa shape index (κ3) is 6.37. The van der Waals surface area contributed by atoms with Gasteiger partial charge in [0.1, 0.15) is 0 Å². The number of aryl methyl sites for hydroxylation is 1. The van der Waals surface area contributed by atoms with Gasteiger partial charge in [0, 0.05) is 62.9 Å². The molecular weight excluding hydrogens is 422 g/mol. The number of rotatable bonds is 7. The molecule has 0 saturated carbocycles. The van der Waals surface area contributed by atoms with Crippen LogP contribution in [0, 0.1) is 6.92 Å². The van der Waals surface area contributed by atoms with E-state index in [9.17, 15) is 4.79 Å². The van der Waals surface area contributed by atoms with E-state index in [0.29, 0.717) is 6.54 Å². The molecule has 4 rings (SSSR count). The molecule has 0 bridgehead atoms. The van der Waals surface area contributed by atoms with Crippen LogP contribution < -0.4 is 0 Å². The fourth-order valence-corrected chi connectivity index (χ4v) is 4.97. The van der Waals surface area contributed by atoms with Gasteiger partial charge in [-0.3, -0.25) is 14.7 Å². The summed E-state index contributed by atoms with van der Waals surface area (Å²) in [6.45, 7) is 8.22. The van der Waals surface area contributed by atoms with Crippen molar-refractivity contribution in [1.29, 1.82) is 0 Å². The molecule has 7 nitrogen and oxygen atoms in total.